The van der Waals surface area contributed by atoms with E-state index in [0.29, 0.717) is 13.0 Å². The number of rotatable bonds is 3. The lowest BCUT2D eigenvalue weighted by Crippen LogP contribution is -2.42. The standard InChI is InChI=1S/C12H18N2O3S/c1-7(2)14-6-8(5-10(14)15)11(16)13-9-3-4-18-12(9)17/h7-9H,3-6H2,1-2H3,(H,13,16)/t8-,9-/m1/s1. The Bertz CT molecular complexity index is 384. The second kappa shape index (κ2) is 5.30. The zero-order valence-electron chi connectivity index (χ0n) is 10.6. The van der Waals surface area contributed by atoms with Gasteiger partial charge in [-0.15, -0.1) is 0 Å². The van der Waals surface area contributed by atoms with E-state index in [1.54, 1.807) is 4.90 Å². The van der Waals surface area contributed by atoms with Crippen molar-refractivity contribution in [2.45, 2.75) is 38.8 Å². The topological polar surface area (TPSA) is 66.5 Å². The Kier molecular flexibility index (Phi) is 3.94. The van der Waals surface area contributed by atoms with Crippen LogP contribution in [0.3, 0.4) is 0 Å². The average Bonchev–Trinajstić information content (AvgIpc) is 2.86. The van der Waals surface area contributed by atoms with Gasteiger partial charge in [0.05, 0.1) is 12.0 Å². The predicted molar refractivity (Wildman–Crippen MR) is 69.0 cm³/mol. The van der Waals surface area contributed by atoms with E-state index in [9.17, 15) is 14.4 Å². The van der Waals surface area contributed by atoms with Crippen LogP contribution >= 0.6 is 11.8 Å². The SMILES string of the molecule is CC(C)N1C[C@H](C(=O)N[C@@H]2CCSC2=O)CC1=O. The summed E-state index contributed by atoms with van der Waals surface area (Å²) in [5, 5.41) is 2.80. The molecular formula is C12H18N2O3S. The van der Waals surface area contributed by atoms with Gasteiger partial charge in [-0.3, -0.25) is 14.4 Å². The quantitative estimate of drug-likeness (QED) is 0.805. The lowest BCUT2D eigenvalue weighted by atomic mass is 10.1. The fourth-order valence-corrected chi connectivity index (χ4v) is 3.26. The molecule has 0 aromatic heterocycles. The molecule has 0 radical (unpaired) electrons. The minimum Gasteiger partial charge on any atom is -0.345 e. The van der Waals surface area contributed by atoms with Crippen LogP contribution in [0.2, 0.25) is 0 Å². The molecule has 100 valence electrons. The number of carbonyl (C=O) groups excluding carboxylic acids is 3. The first-order valence-electron chi connectivity index (χ1n) is 6.25. The minimum atomic E-state index is -0.356. The van der Waals surface area contributed by atoms with Crippen molar-refractivity contribution < 1.29 is 14.4 Å². The van der Waals surface area contributed by atoms with Crippen molar-refractivity contribution in [2.75, 3.05) is 12.3 Å². The molecule has 0 aromatic rings. The summed E-state index contributed by atoms with van der Waals surface area (Å²) in [7, 11) is 0. The molecule has 1 N–H and O–H groups in total. The summed E-state index contributed by atoms with van der Waals surface area (Å²) in [5.74, 6) is 0.328. The summed E-state index contributed by atoms with van der Waals surface area (Å²) >= 11 is 1.26. The van der Waals surface area contributed by atoms with Crippen LogP contribution in [0.4, 0.5) is 0 Å². The Morgan fingerprint density at radius 1 is 1.44 bits per heavy atom. The zero-order valence-corrected chi connectivity index (χ0v) is 11.5. The third kappa shape index (κ3) is 2.68. The molecular weight excluding hydrogens is 252 g/mol. The first-order valence-corrected chi connectivity index (χ1v) is 7.24. The highest BCUT2D eigenvalue weighted by atomic mass is 32.2. The maximum atomic E-state index is 12.0. The van der Waals surface area contributed by atoms with Gasteiger partial charge in [-0.25, -0.2) is 0 Å². The number of amides is 2. The van der Waals surface area contributed by atoms with E-state index < -0.39 is 0 Å². The third-order valence-corrected chi connectivity index (χ3v) is 4.41. The van der Waals surface area contributed by atoms with Crippen LogP contribution in [-0.4, -0.2) is 46.2 Å². The van der Waals surface area contributed by atoms with Crippen LogP contribution in [-0.2, 0) is 14.4 Å². The van der Waals surface area contributed by atoms with Gasteiger partial charge in [0, 0.05) is 24.8 Å². The van der Waals surface area contributed by atoms with Gasteiger partial charge in [-0.05, 0) is 20.3 Å². The first-order chi connectivity index (χ1) is 8.49. The van der Waals surface area contributed by atoms with E-state index in [1.807, 2.05) is 13.8 Å². The molecule has 2 aliphatic rings. The molecule has 2 rings (SSSR count). The molecule has 2 fully saturated rings. The normalized spacial score (nSPS) is 28.3. The number of nitrogens with zero attached hydrogens (tertiary/aromatic N) is 1. The second-order valence-corrected chi connectivity index (χ2v) is 6.16. The molecule has 2 heterocycles. The Labute approximate surface area is 111 Å². The van der Waals surface area contributed by atoms with Gasteiger partial charge in [0.15, 0.2) is 0 Å². The van der Waals surface area contributed by atoms with Crippen molar-refractivity contribution in [3.63, 3.8) is 0 Å². The zero-order chi connectivity index (χ0) is 13.3. The van der Waals surface area contributed by atoms with Crippen LogP contribution in [0.25, 0.3) is 0 Å². The van der Waals surface area contributed by atoms with E-state index in [1.165, 1.54) is 11.8 Å². The molecule has 5 nitrogen and oxygen atoms in total. The highest BCUT2D eigenvalue weighted by Gasteiger charge is 2.37. The highest BCUT2D eigenvalue weighted by molar-refractivity contribution is 8.14. The molecule has 6 heteroatoms. The Balaban J connectivity index is 1.91. The minimum absolute atomic E-state index is 0.0253. The summed E-state index contributed by atoms with van der Waals surface area (Å²) in [6, 6.07) is -0.232. The monoisotopic (exact) mass is 270 g/mol. The van der Waals surface area contributed by atoms with Crippen LogP contribution < -0.4 is 5.32 Å². The summed E-state index contributed by atoms with van der Waals surface area (Å²) in [6.07, 6.45) is 0.960. The number of likely N-dealkylation sites (tertiary alicyclic amines) is 1. The van der Waals surface area contributed by atoms with Gasteiger partial charge in [0.1, 0.15) is 0 Å². The van der Waals surface area contributed by atoms with Crippen molar-refractivity contribution in [2.24, 2.45) is 5.92 Å². The van der Waals surface area contributed by atoms with Crippen LogP contribution in [0.1, 0.15) is 26.7 Å². The number of thioether (sulfide) groups is 1. The molecule has 0 saturated carbocycles. The lowest BCUT2D eigenvalue weighted by Gasteiger charge is -2.21. The van der Waals surface area contributed by atoms with E-state index in [2.05, 4.69) is 5.32 Å². The average molecular weight is 270 g/mol. The molecule has 2 aliphatic heterocycles. The molecule has 0 aliphatic carbocycles. The summed E-state index contributed by atoms with van der Waals surface area (Å²) in [5.41, 5.74) is 0. The van der Waals surface area contributed by atoms with Crippen LogP contribution in [0.15, 0.2) is 0 Å². The fourth-order valence-electron chi connectivity index (χ4n) is 2.32. The molecule has 2 saturated heterocycles. The number of hydrogen-bond donors (Lipinski definition) is 1. The molecule has 2 amide bonds. The Morgan fingerprint density at radius 2 is 2.17 bits per heavy atom. The molecule has 0 unspecified atom stereocenters. The van der Waals surface area contributed by atoms with Gasteiger partial charge >= 0.3 is 0 Å². The smallest absolute Gasteiger partial charge is 0.226 e. The van der Waals surface area contributed by atoms with E-state index in [0.717, 1.165) is 5.75 Å². The summed E-state index contributed by atoms with van der Waals surface area (Å²) < 4.78 is 0. The number of hydrogen-bond acceptors (Lipinski definition) is 4. The highest BCUT2D eigenvalue weighted by Crippen LogP contribution is 2.23. The molecule has 0 spiro atoms. The van der Waals surface area contributed by atoms with Gasteiger partial charge in [-0.1, -0.05) is 11.8 Å². The molecule has 0 bridgehead atoms. The number of carbonyl (C=O) groups is 3. The fraction of sp³-hybridized carbons (Fsp3) is 0.750. The van der Waals surface area contributed by atoms with Crippen molar-refractivity contribution in [3.05, 3.63) is 0 Å². The number of nitrogens with one attached hydrogen (secondary N) is 1. The van der Waals surface area contributed by atoms with Gasteiger partial charge < -0.3 is 10.2 Å². The second-order valence-electron chi connectivity index (χ2n) is 5.06. The largest absolute Gasteiger partial charge is 0.345 e. The predicted octanol–water partition coefficient (Wildman–Crippen LogP) is 0.392. The van der Waals surface area contributed by atoms with Gasteiger partial charge in [-0.2, -0.15) is 0 Å². The van der Waals surface area contributed by atoms with Gasteiger partial charge in [0.25, 0.3) is 0 Å². The van der Waals surface area contributed by atoms with Crippen molar-refractivity contribution in [1.29, 1.82) is 0 Å². The van der Waals surface area contributed by atoms with Crippen molar-refractivity contribution in [3.8, 4) is 0 Å². The lowest BCUT2D eigenvalue weighted by molar-refractivity contribution is -0.130. The third-order valence-electron chi connectivity index (χ3n) is 3.40. The summed E-state index contributed by atoms with van der Waals surface area (Å²) in [6.45, 7) is 4.35. The Hall–Kier alpha value is -1.04. The van der Waals surface area contributed by atoms with Crippen molar-refractivity contribution in [1.82, 2.24) is 10.2 Å². The maximum absolute atomic E-state index is 12.0. The molecule has 0 aromatic carbocycles. The van der Waals surface area contributed by atoms with Crippen LogP contribution in [0.5, 0.6) is 0 Å². The van der Waals surface area contributed by atoms with Crippen LogP contribution in [0, 0.1) is 5.92 Å². The van der Waals surface area contributed by atoms with E-state index >= 15 is 0 Å². The maximum Gasteiger partial charge on any atom is 0.226 e. The molecule has 18 heavy (non-hydrogen) atoms. The molecule has 2 atom stereocenters. The van der Waals surface area contributed by atoms with E-state index in [4.69, 9.17) is 0 Å². The summed E-state index contributed by atoms with van der Waals surface area (Å²) in [4.78, 5) is 36.9. The Morgan fingerprint density at radius 3 is 2.67 bits per heavy atom. The first kappa shape index (κ1) is 13.4. The van der Waals surface area contributed by atoms with Gasteiger partial charge in [0.2, 0.25) is 16.9 Å². The van der Waals surface area contributed by atoms with Crippen molar-refractivity contribution >= 4 is 28.7 Å². The van der Waals surface area contributed by atoms with E-state index in [-0.39, 0.29) is 41.4 Å².